The quantitative estimate of drug-likeness (QED) is 0.861. The van der Waals surface area contributed by atoms with E-state index >= 15 is 0 Å². The van der Waals surface area contributed by atoms with E-state index in [1.54, 1.807) is 6.07 Å². The SMILES string of the molecule is Fc1ccc(OC/C(Cl)=C/Cl)c(CNC2CC2)c1. The first-order valence-electron chi connectivity index (χ1n) is 5.78. The van der Waals surface area contributed by atoms with Crippen LogP contribution in [0.3, 0.4) is 0 Å². The van der Waals surface area contributed by atoms with E-state index < -0.39 is 0 Å². The molecule has 0 heterocycles. The van der Waals surface area contributed by atoms with Gasteiger partial charge in [-0.3, -0.25) is 0 Å². The molecule has 0 saturated heterocycles. The van der Waals surface area contributed by atoms with E-state index in [1.807, 2.05) is 0 Å². The third kappa shape index (κ3) is 4.16. The van der Waals surface area contributed by atoms with Crippen molar-refractivity contribution in [3.8, 4) is 5.75 Å². The van der Waals surface area contributed by atoms with Crippen LogP contribution >= 0.6 is 23.2 Å². The molecule has 0 aliphatic heterocycles. The molecule has 1 N–H and O–H groups in total. The Labute approximate surface area is 116 Å². The number of halogens is 3. The van der Waals surface area contributed by atoms with Crippen molar-refractivity contribution in [2.75, 3.05) is 6.61 Å². The number of rotatable bonds is 6. The molecule has 0 radical (unpaired) electrons. The molecule has 1 saturated carbocycles. The fraction of sp³-hybridized carbons (Fsp3) is 0.385. The van der Waals surface area contributed by atoms with Gasteiger partial charge in [-0.05, 0) is 31.0 Å². The first kappa shape index (κ1) is 13.7. The Kier molecular flexibility index (Phi) is 4.87. The molecule has 98 valence electrons. The van der Waals surface area contributed by atoms with Gasteiger partial charge in [0.25, 0.3) is 0 Å². The van der Waals surface area contributed by atoms with E-state index in [1.165, 1.54) is 30.5 Å². The minimum absolute atomic E-state index is 0.188. The van der Waals surface area contributed by atoms with Crippen LogP contribution in [0, 0.1) is 5.82 Å². The Morgan fingerprint density at radius 3 is 2.94 bits per heavy atom. The van der Waals surface area contributed by atoms with Crippen LogP contribution in [0.2, 0.25) is 0 Å². The van der Waals surface area contributed by atoms with Crippen molar-refractivity contribution in [1.82, 2.24) is 5.32 Å². The normalized spacial score (nSPS) is 15.8. The lowest BCUT2D eigenvalue weighted by Crippen LogP contribution is -2.16. The second-order valence-electron chi connectivity index (χ2n) is 4.25. The summed E-state index contributed by atoms with van der Waals surface area (Å²) in [5.74, 6) is 0.357. The van der Waals surface area contributed by atoms with Crippen LogP contribution in [0.15, 0.2) is 28.8 Å². The minimum atomic E-state index is -0.270. The number of hydrogen-bond donors (Lipinski definition) is 1. The predicted molar refractivity (Wildman–Crippen MR) is 71.5 cm³/mol. The molecular weight excluding hydrogens is 276 g/mol. The van der Waals surface area contributed by atoms with Gasteiger partial charge < -0.3 is 10.1 Å². The lowest BCUT2D eigenvalue weighted by Gasteiger charge is -2.11. The zero-order chi connectivity index (χ0) is 13.0. The molecule has 2 rings (SSSR count). The standard InChI is InChI=1S/C13H14Cl2FNO/c14-6-10(15)8-18-13-4-1-11(16)5-9(13)7-17-12-2-3-12/h1,4-6,12,17H,2-3,7-8H2/b10-6-. The average molecular weight is 290 g/mol. The van der Waals surface area contributed by atoms with Crippen LogP contribution < -0.4 is 10.1 Å². The summed E-state index contributed by atoms with van der Waals surface area (Å²) in [6.45, 7) is 0.785. The van der Waals surface area contributed by atoms with E-state index in [0.717, 1.165) is 5.56 Å². The molecule has 1 aliphatic rings. The lowest BCUT2D eigenvalue weighted by atomic mass is 10.2. The maximum Gasteiger partial charge on any atom is 0.125 e. The molecule has 0 bridgehead atoms. The highest BCUT2D eigenvalue weighted by Gasteiger charge is 2.20. The summed E-state index contributed by atoms with van der Waals surface area (Å²) in [4.78, 5) is 0. The Morgan fingerprint density at radius 2 is 2.28 bits per heavy atom. The highest BCUT2D eigenvalue weighted by atomic mass is 35.5. The Balaban J connectivity index is 2.01. The van der Waals surface area contributed by atoms with Gasteiger partial charge in [-0.2, -0.15) is 0 Å². The Hall–Kier alpha value is -0.770. The van der Waals surface area contributed by atoms with Crippen LogP contribution in [0.25, 0.3) is 0 Å². The maximum absolute atomic E-state index is 13.2. The van der Waals surface area contributed by atoms with E-state index in [0.29, 0.717) is 23.4 Å². The molecule has 18 heavy (non-hydrogen) atoms. The second kappa shape index (κ2) is 6.41. The molecule has 1 aromatic rings. The number of benzene rings is 1. The first-order chi connectivity index (χ1) is 8.69. The predicted octanol–water partition coefficient (Wildman–Crippen LogP) is 3.78. The molecular formula is C13H14Cl2FNO. The summed E-state index contributed by atoms with van der Waals surface area (Å²) in [6.07, 6.45) is 2.37. The third-order valence-electron chi connectivity index (χ3n) is 2.67. The van der Waals surface area contributed by atoms with Crippen molar-refractivity contribution < 1.29 is 9.13 Å². The van der Waals surface area contributed by atoms with E-state index in [2.05, 4.69) is 5.32 Å². The first-order valence-corrected chi connectivity index (χ1v) is 6.60. The van der Waals surface area contributed by atoms with Crippen LogP contribution in [0.1, 0.15) is 18.4 Å². The van der Waals surface area contributed by atoms with Crippen molar-refractivity contribution in [2.24, 2.45) is 0 Å². The fourth-order valence-electron chi connectivity index (χ4n) is 1.55. The summed E-state index contributed by atoms with van der Waals surface area (Å²) in [5, 5.41) is 3.73. The molecule has 1 aliphatic carbocycles. The second-order valence-corrected chi connectivity index (χ2v) is 4.96. The zero-order valence-electron chi connectivity index (χ0n) is 9.76. The van der Waals surface area contributed by atoms with Crippen molar-refractivity contribution in [2.45, 2.75) is 25.4 Å². The van der Waals surface area contributed by atoms with Crippen molar-refractivity contribution in [3.05, 3.63) is 40.1 Å². The van der Waals surface area contributed by atoms with Crippen LogP contribution in [-0.2, 0) is 6.54 Å². The van der Waals surface area contributed by atoms with E-state index in [4.69, 9.17) is 27.9 Å². The molecule has 1 fully saturated rings. The highest BCUT2D eigenvalue weighted by molar-refractivity contribution is 6.36. The van der Waals surface area contributed by atoms with Gasteiger partial charge in [0.15, 0.2) is 0 Å². The van der Waals surface area contributed by atoms with Gasteiger partial charge in [-0.1, -0.05) is 23.2 Å². The molecule has 0 aromatic heterocycles. The van der Waals surface area contributed by atoms with Crippen LogP contribution in [0.5, 0.6) is 5.75 Å². The monoisotopic (exact) mass is 289 g/mol. The van der Waals surface area contributed by atoms with Crippen molar-refractivity contribution >= 4 is 23.2 Å². The molecule has 1 aromatic carbocycles. The smallest absolute Gasteiger partial charge is 0.125 e. The summed E-state index contributed by atoms with van der Waals surface area (Å²) in [5.41, 5.74) is 2.05. The van der Waals surface area contributed by atoms with Gasteiger partial charge in [0.1, 0.15) is 18.2 Å². The van der Waals surface area contributed by atoms with Gasteiger partial charge in [0.05, 0.1) is 5.03 Å². The summed E-state index contributed by atoms with van der Waals surface area (Å²) < 4.78 is 18.7. The van der Waals surface area contributed by atoms with Gasteiger partial charge in [0.2, 0.25) is 0 Å². The number of ether oxygens (including phenoxy) is 1. The van der Waals surface area contributed by atoms with Gasteiger partial charge >= 0.3 is 0 Å². The summed E-state index contributed by atoms with van der Waals surface area (Å²) in [7, 11) is 0. The van der Waals surface area contributed by atoms with Crippen molar-refractivity contribution in [3.63, 3.8) is 0 Å². The molecule has 0 spiro atoms. The Bertz CT molecular complexity index is 447. The van der Waals surface area contributed by atoms with Gasteiger partial charge in [0, 0.05) is 23.7 Å². The average Bonchev–Trinajstić information content (AvgIpc) is 3.18. The van der Waals surface area contributed by atoms with Gasteiger partial charge in [-0.15, -0.1) is 0 Å². The van der Waals surface area contributed by atoms with Crippen molar-refractivity contribution in [1.29, 1.82) is 0 Å². The molecule has 2 nitrogen and oxygen atoms in total. The van der Waals surface area contributed by atoms with E-state index in [9.17, 15) is 4.39 Å². The molecule has 5 heteroatoms. The molecule has 0 unspecified atom stereocenters. The minimum Gasteiger partial charge on any atom is -0.488 e. The Morgan fingerprint density at radius 1 is 1.50 bits per heavy atom. The van der Waals surface area contributed by atoms with Crippen LogP contribution in [-0.4, -0.2) is 12.6 Å². The highest BCUT2D eigenvalue weighted by Crippen LogP contribution is 2.24. The van der Waals surface area contributed by atoms with Crippen LogP contribution in [0.4, 0.5) is 4.39 Å². The largest absolute Gasteiger partial charge is 0.488 e. The maximum atomic E-state index is 13.2. The topological polar surface area (TPSA) is 21.3 Å². The molecule has 0 atom stereocenters. The number of hydrogen-bond acceptors (Lipinski definition) is 2. The summed E-state index contributed by atoms with van der Waals surface area (Å²) in [6, 6.07) is 5.02. The molecule has 0 amide bonds. The third-order valence-corrected chi connectivity index (χ3v) is 3.26. The lowest BCUT2D eigenvalue weighted by molar-refractivity contribution is 0.353. The fourth-order valence-corrected chi connectivity index (χ4v) is 1.66. The van der Waals surface area contributed by atoms with E-state index in [-0.39, 0.29) is 12.4 Å². The van der Waals surface area contributed by atoms with Gasteiger partial charge in [-0.25, -0.2) is 4.39 Å². The number of nitrogens with one attached hydrogen (secondary N) is 1. The summed E-state index contributed by atoms with van der Waals surface area (Å²) >= 11 is 11.2. The zero-order valence-corrected chi connectivity index (χ0v) is 11.3.